The van der Waals surface area contributed by atoms with Crippen molar-refractivity contribution in [2.75, 3.05) is 16.8 Å². The van der Waals surface area contributed by atoms with E-state index in [0.29, 0.717) is 11.4 Å². The number of nitrogens with one attached hydrogen (secondary N) is 1. The van der Waals surface area contributed by atoms with Crippen LogP contribution in [0.15, 0.2) is 54.7 Å². The summed E-state index contributed by atoms with van der Waals surface area (Å²) in [4.78, 5) is 31.8. The van der Waals surface area contributed by atoms with Gasteiger partial charge < -0.3 is 10.4 Å². The molecule has 1 aromatic heterocycles. The van der Waals surface area contributed by atoms with Crippen LogP contribution < -0.4 is 10.2 Å². The lowest BCUT2D eigenvalue weighted by molar-refractivity contribution is -0.117. The quantitative estimate of drug-likeness (QED) is 0.606. The summed E-state index contributed by atoms with van der Waals surface area (Å²) in [7, 11) is 0. The van der Waals surface area contributed by atoms with Crippen LogP contribution in [0.25, 0.3) is 10.8 Å². The zero-order chi connectivity index (χ0) is 22.3. The standard InChI is InChI=1S/C26H27N3O3/c1-17-3-5-19(6-4-17)25(32)29(26(16-30)11-2-12-26)22-10-9-20-14-23(27-15-21(20)13-22)28-24(31)18-7-8-18/h3-6,9-10,13-15,18,30H,2,7-8,11-12,16H2,1H3,(H,27,28,31). The van der Waals surface area contributed by atoms with E-state index in [1.54, 1.807) is 11.1 Å². The number of rotatable bonds is 6. The summed E-state index contributed by atoms with van der Waals surface area (Å²) in [6.45, 7) is 1.91. The second-order valence-electron chi connectivity index (χ2n) is 9.11. The van der Waals surface area contributed by atoms with Crippen LogP contribution in [0.2, 0.25) is 0 Å². The normalized spacial score (nSPS) is 16.9. The van der Waals surface area contributed by atoms with Crippen molar-refractivity contribution in [1.82, 2.24) is 4.98 Å². The van der Waals surface area contributed by atoms with Gasteiger partial charge in [-0.15, -0.1) is 0 Å². The molecule has 0 bridgehead atoms. The Morgan fingerprint density at radius 2 is 1.84 bits per heavy atom. The van der Waals surface area contributed by atoms with Crippen LogP contribution in [0.4, 0.5) is 11.5 Å². The molecule has 2 saturated carbocycles. The highest BCUT2D eigenvalue weighted by Gasteiger charge is 2.45. The fourth-order valence-corrected chi connectivity index (χ4v) is 4.38. The molecule has 0 spiro atoms. The van der Waals surface area contributed by atoms with Gasteiger partial charge in [-0.05, 0) is 74.7 Å². The molecule has 2 N–H and O–H groups in total. The Morgan fingerprint density at radius 3 is 2.47 bits per heavy atom. The van der Waals surface area contributed by atoms with Crippen molar-refractivity contribution >= 4 is 34.1 Å². The summed E-state index contributed by atoms with van der Waals surface area (Å²) in [6, 6.07) is 15.2. The van der Waals surface area contributed by atoms with Gasteiger partial charge in [0.25, 0.3) is 5.91 Å². The molecule has 1 heterocycles. The monoisotopic (exact) mass is 429 g/mol. The molecule has 2 aliphatic rings. The van der Waals surface area contributed by atoms with E-state index in [1.165, 1.54) is 0 Å². The minimum Gasteiger partial charge on any atom is -0.394 e. The second kappa shape index (κ2) is 8.02. The first-order valence-corrected chi connectivity index (χ1v) is 11.2. The maximum Gasteiger partial charge on any atom is 0.258 e. The summed E-state index contributed by atoms with van der Waals surface area (Å²) in [5.74, 6) is 0.575. The number of fused-ring (bicyclic) bond motifs is 1. The van der Waals surface area contributed by atoms with Gasteiger partial charge in [0.1, 0.15) is 5.82 Å². The summed E-state index contributed by atoms with van der Waals surface area (Å²) >= 11 is 0. The zero-order valence-electron chi connectivity index (χ0n) is 18.2. The SMILES string of the molecule is Cc1ccc(C(=O)N(c2ccc3cc(NC(=O)C4CC4)ncc3c2)C2(CO)CCC2)cc1. The molecule has 6 nitrogen and oxygen atoms in total. The second-order valence-corrected chi connectivity index (χ2v) is 9.11. The first-order chi connectivity index (χ1) is 15.5. The number of aromatic nitrogens is 1. The number of amides is 2. The van der Waals surface area contributed by atoms with Crippen LogP contribution in [0.3, 0.4) is 0 Å². The largest absolute Gasteiger partial charge is 0.394 e. The van der Waals surface area contributed by atoms with Crippen LogP contribution in [0.1, 0.15) is 48.0 Å². The third kappa shape index (κ3) is 3.75. The Hall–Kier alpha value is -3.25. The molecule has 2 aromatic carbocycles. The Bertz CT molecular complexity index is 1180. The number of hydrogen-bond donors (Lipinski definition) is 2. The van der Waals surface area contributed by atoms with E-state index in [0.717, 1.165) is 54.1 Å². The molecule has 0 aliphatic heterocycles. The summed E-state index contributed by atoms with van der Waals surface area (Å²) in [6.07, 6.45) is 6.13. The third-order valence-corrected chi connectivity index (χ3v) is 6.72. The van der Waals surface area contributed by atoms with Gasteiger partial charge in [0.2, 0.25) is 5.91 Å². The number of carbonyl (C=O) groups excluding carboxylic acids is 2. The molecular weight excluding hydrogens is 402 g/mol. The number of aliphatic hydroxyl groups excluding tert-OH is 1. The highest BCUT2D eigenvalue weighted by molar-refractivity contribution is 6.08. The van der Waals surface area contributed by atoms with Crippen molar-refractivity contribution in [1.29, 1.82) is 0 Å². The van der Waals surface area contributed by atoms with Gasteiger partial charge in [-0.25, -0.2) is 4.98 Å². The molecule has 2 amide bonds. The van der Waals surface area contributed by atoms with Crippen LogP contribution in [0.5, 0.6) is 0 Å². The summed E-state index contributed by atoms with van der Waals surface area (Å²) in [5, 5.41) is 14.9. The van der Waals surface area contributed by atoms with Crippen molar-refractivity contribution in [3.05, 3.63) is 65.9 Å². The molecular formula is C26H27N3O3. The fraction of sp³-hybridized carbons (Fsp3) is 0.346. The van der Waals surface area contributed by atoms with E-state index >= 15 is 0 Å². The number of benzene rings is 2. The lowest BCUT2D eigenvalue weighted by Crippen LogP contribution is -2.59. The van der Waals surface area contributed by atoms with Crippen molar-refractivity contribution in [3.8, 4) is 0 Å². The number of anilines is 2. The number of carbonyl (C=O) groups is 2. The molecule has 2 fully saturated rings. The molecule has 0 unspecified atom stereocenters. The highest BCUT2D eigenvalue weighted by Crippen LogP contribution is 2.42. The number of nitrogens with zero attached hydrogens (tertiary/aromatic N) is 2. The van der Waals surface area contributed by atoms with Gasteiger partial charge in [-0.3, -0.25) is 14.5 Å². The Labute approximate surface area is 187 Å². The minimum absolute atomic E-state index is 0.0261. The Kier molecular flexibility index (Phi) is 5.18. The lowest BCUT2D eigenvalue weighted by Gasteiger charge is -2.49. The van der Waals surface area contributed by atoms with Gasteiger partial charge in [0, 0.05) is 28.8 Å². The maximum absolute atomic E-state index is 13.6. The van der Waals surface area contributed by atoms with Crippen LogP contribution >= 0.6 is 0 Å². The van der Waals surface area contributed by atoms with Gasteiger partial charge in [0.05, 0.1) is 12.1 Å². The first kappa shape index (κ1) is 20.6. The molecule has 32 heavy (non-hydrogen) atoms. The van der Waals surface area contributed by atoms with Crippen molar-refractivity contribution < 1.29 is 14.7 Å². The predicted octanol–water partition coefficient (Wildman–Crippen LogP) is 4.45. The number of aliphatic hydroxyl groups is 1. The van der Waals surface area contributed by atoms with E-state index in [9.17, 15) is 14.7 Å². The molecule has 6 heteroatoms. The van der Waals surface area contributed by atoms with E-state index in [4.69, 9.17) is 0 Å². The predicted molar refractivity (Wildman–Crippen MR) is 125 cm³/mol. The Balaban J connectivity index is 1.50. The smallest absolute Gasteiger partial charge is 0.258 e. The first-order valence-electron chi connectivity index (χ1n) is 11.2. The number of hydrogen-bond acceptors (Lipinski definition) is 4. The van der Waals surface area contributed by atoms with Crippen LogP contribution in [-0.4, -0.2) is 34.1 Å². The van der Waals surface area contributed by atoms with Crippen molar-refractivity contribution in [2.24, 2.45) is 5.92 Å². The fourth-order valence-electron chi connectivity index (χ4n) is 4.38. The number of pyridine rings is 1. The molecule has 0 saturated heterocycles. The van der Waals surface area contributed by atoms with E-state index in [2.05, 4.69) is 10.3 Å². The third-order valence-electron chi connectivity index (χ3n) is 6.72. The average Bonchev–Trinajstić information content (AvgIpc) is 3.62. The zero-order valence-corrected chi connectivity index (χ0v) is 18.2. The lowest BCUT2D eigenvalue weighted by atomic mass is 9.75. The Morgan fingerprint density at radius 1 is 1.09 bits per heavy atom. The van der Waals surface area contributed by atoms with Crippen LogP contribution in [-0.2, 0) is 4.79 Å². The molecule has 164 valence electrons. The summed E-state index contributed by atoms with van der Waals surface area (Å²) in [5.41, 5.74) is 1.86. The molecule has 3 aromatic rings. The van der Waals surface area contributed by atoms with E-state index in [1.807, 2.05) is 55.5 Å². The van der Waals surface area contributed by atoms with Gasteiger partial charge >= 0.3 is 0 Å². The molecule has 0 atom stereocenters. The molecule has 0 radical (unpaired) electrons. The minimum atomic E-state index is -0.582. The van der Waals surface area contributed by atoms with E-state index < -0.39 is 5.54 Å². The van der Waals surface area contributed by atoms with Crippen molar-refractivity contribution in [3.63, 3.8) is 0 Å². The van der Waals surface area contributed by atoms with Gasteiger partial charge in [-0.2, -0.15) is 0 Å². The topological polar surface area (TPSA) is 82.5 Å². The summed E-state index contributed by atoms with van der Waals surface area (Å²) < 4.78 is 0. The van der Waals surface area contributed by atoms with E-state index in [-0.39, 0.29) is 24.3 Å². The molecule has 2 aliphatic carbocycles. The molecule has 5 rings (SSSR count). The van der Waals surface area contributed by atoms with Gasteiger partial charge in [0.15, 0.2) is 0 Å². The average molecular weight is 430 g/mol. The van der Waals surface area contributed by atoms with Crippen LogP contribution in [0, 0.1) is 12.8 Å². The number of aryl methyl sites for hydroxylation is 1. The van der Waals surface area contributed by atoms with Gasteiger partial charge in [-0.1, -0.05) is 23.8 Å². The van der Waals surface area contributed by atoms with Crippen molar-refractivity contribution in [2.45, 2.75) is 44.6 Å². The maximum atomic E-state index is 13.6. The highest BCUT2D eigenvalue weighted by atomic mass is 16.3.